The zero-order valence-electron chi connectivity index (χ0n) is 17.2. The standard InChI is InChI=1S/C25H20N4O3/c30-25(29-11-9-22-20(14-29)19-5-1-2-6-21(19)27-22)23-12-17(32-28-23)15-31-24-7-3-4-16-13-26-10-8-18(16)24/h1-8,10,12-13,27H,9,11,14-15H2. The largest absolute Gasteiger partial charge is 0.485 e. The Balaban J connectivity index is 1.18. The number of aromatic nitrogens is 3. The first-order chi connectivity index (χ1) is 15.8. The number of hydrogen-bond donors (Lipinski definition) is 1. The highest BCUT2D eigenvalue weighted by Gasteiger charge is 2.26. The van der Waals surface area contributed by atoms with Gasteiger partial charge in [-0.05, 0) is 18.2 Å². The third-order valence-electron chi connectivity index (χ3n) is 5.96. The second kappa shape index (κ2) is 7.53. The molecule has 1 aliphatic heterocycles. The average molecular weight is 424 g/mol. The van der Waals surface area contributed by atoms with Gasteiger partial charge in [-0.1, -0.05) is 35.5 Å². The van der Waals surface area contributed by atoms with Crippen molar-refractivity contribution in [3.63, 3.8) is 0 Å². The fraction of sp³-hybridized carbons (Fsp3) is 0.160. The molecule has 0 bridgehead atoms. The Labute approximate surface area is 183 Å². The number of carbonyl (C=O) groups excluding carboxylic acids is 1. The molecule has 3 aromatic heterocycles. The van der Waals surface area contributed by atoms with Crippen molar-refractivity contribution >= 4 is 27.6 Å². The fourth-order valence-corrected chi connectivity index (χ4v) is 4.35. The first-order valence-corrected chi connectivity index (χ1v) is 10.5. The van der Waals surface area contributed by atoms with Crippen LogP contribution in [0, 0.1) is 0 Å². The maximum absolute atomic E-state index is 13.1. The highest BCUT2D eigenvalue weighted by Crippen LogP contribution is 2.29. The second-order valence-corrected chi connectivity index (χ2v) is 7.92. The molecule has 1 N–H and O–H groups in total. The molecule has 2 aromatic carbocycles. The van der Waals surface area contributed by atoms with E-state index in [4.69, 9.17) is 9.26 Å². The molecule has 7 heteroatoms. The SMILES string of the molecule is O=C(c1cc(COc2cccc3cnccc23)on1)N1CCc2[nH]c3ccccc3c2C1. The number of para-hydroxylation sites is 1. The summed E-state index contributed by atoms with van der Waals surface area (Å²) in [7, 11) is 0. The first kappa shape index (κ1) is 18.6. The van der Waals surface area contributed by atoms with Crippen LogP contribution in [0.15, 0.2) is 71.5 Å². The lowest BCUT2D eigenvalue weighted by Gasteiger charge is -2.26. The number of nitrogens with zero attached hydrogens (tertiary/aromatic N) is 3. The van der Waals surface area contributed by atoms with Gasteiger partial charge in [-0.3, -0.25) is 9.78 Å². The van der Waals surface area contributed by atoms with E-state index in [0.29, 0.717) is 24.5 Å². The molecule has 0 saturated carbocycles. The average Bonchev–Trinajstić information content (AvgIpc) is 3.46. The summed E-state index contributed by atoms with van der Waals surface area (Å²) in [5.41, 5.74) is 3.79. The van der Waals surface area contributed by atoms with Crippen LogP contribution in [0.2, 0.25) is 0 Å². The summed E-state index contributed by atoms with van der Waals surface area (Å²) in [6.45, 7) is 1.39. The van der Waals surface area contributed by atoms with Gasteiger partial charge in [0.05, 0.1) is 0 Å². The molecular formula is C25H20N4O3. The molecule has 0 radical (unpaired) electrons. The quantitative estimate of drug-likeness (QED) is 0.460. The van der Waals surface area contributed by atoms with E-state index in [2.05, 4.69) is 27.3 Å². The summed E-state index contributed by atoms with van der Waals surface area (Å²) in [4.78, 5) is 22.5. The number of pyridine rings is 1. The van der Waals surface area contributed by atoms with E-state index < -0.39 is 0 Å². The molecule has 0 unspecified atom stereocenters. The van der Waals surface area contributed by atoms with Gasteiger partial charge in [0.2, 0.25) is 0 Å². The molecule has 0 spiro atoms. The Hall–Kier alpha value is -4.13. The highest BCUT2D eigenvalue weighted by molar-refractivity contribution is 5.93. The van der Waals surface area contributed by atoms with Crippen molar-refractivity contribution in [1.82, 2.24) is 20.0 Å². The molecule has 4 heterocycles. The number of amides is 1. The maximum Gasteiger partial charge on any atom is 0.276 e. The summed E-state index contributed by atoms with van der Waals surface area (Å²) in [6, 6.07) is 17.6. The maximum atomic E-state index is 13.1. The molecule has 158 valence electrons. The third-order valence-corrected chi connectivity index (χ3v) is 5.96. The van der Waals surface area contributed by atoms with Crippen LogP contribution in [0.3, 0.4) is 0 Å². The van der Waals surface area contributed by atoms with Crippen molar-refractivity contribution in [2.45, 2.75) is 19.6 Å². The van der Waals surface area contributed by atoms with Crippen LogP contribution in [-0.2, 0) is 19.6 Å². The van der Waals surface area contributed by atoms with Crippen LogP contribution in [0.5, 0.6) is 5.75 Å². The van der Waals surface area contributed by atoms with E-state index >= 15 is 0 Å². The molecule has 0 saturated heterocycles. The van der Waals surface area contributed by atoms with Crippen molar-refractivity contribution in [2.24, 2.45) is 0 Å². The molecule has 7 nitrogen and oxygen atoms in total. The Bertz CT molecular complexity index is 1450. The molecule has 1 amide bonds. The number of fused-ring (bicyclic) bond motifs is 4. The zero-order valence-corrected chi connectivity index (χ0v) is 17.2. The van der Waals surface area contributed by atoms with Crippen molar-refractivity contribution in [1.29, 1.82) is 0 Å². The van der Waals surface area contributed by atoms with Gasteiger partial charge in [0.1, 0.15) is 12.4 Å². The minimum absolute atomic E-state index is 0.132. The predicted octanol–water partition coefficient (Wildman–Crippen LogP) is 4.48. The summed E-state index contributed by atoms with van der Waals surface area (Å²) in [6.07, 6.45) is 4.32. The predicted molar refractivity (Wildman–Crippen MR) is 119 cm³/mol. The Morgan fingerprint density at radius 2 is 2.06 bits per heavy atom. The van der Waals surface area contributed by atoms with Crippen LogP contribution in [-0.4, -0.2) is 32.5 Å². The number of rotatable bonds is 4. The summed E-state index contributed by atoms with van der Waals surface area (Å²) in [5.74, 6) is 1.11. The van der Waals surface area contributed by atoms with Gasteiger partial charge < -0.3 is 19.1 Å². The van der Waals surface area contributed by atoms with Crippen molar-refractivity contribution < 1.29 is 14.1 Å². The number of ether oxygens (including phenoxy) is 1. The molecule has 32 heavy (non-hydrogen) atoms. The summed E-state index contributed by atoms with van der Waals surface area (Å²) < 4.78 is 11.3. The minimum Gasteiger partial charge on any atom is -0.485 e. The Morgan fingerprint density at radius 3 is 3.03 bits per heavy atom. The zero-order chi connectivity index (χ0) is 21.5. The van der Waals surface area contributed by atoms with Crippen LogP contribution in [0.25, 0.3) is 21.7 Å². The third kappa shape index (κ3) is 3.19. The number of carbonyl (C=O) groups is 1. The normalized spacial score (nSPS) is 13.4. The number of aromatic amines is 1. The fourth-order valence-electron chi connectivity index (χ4n) is 4.35. The van der Waals surface area contributed by atoms with E-state index in [9.17, 15) is 4.79 Å². The van der Waals surface area contributed by atoms with Crippen LogP contribution in [0.1, 0.15) is 27.5 Å². The summed E-state index contributed by atoms with van der Waals surface area (Å²) in [5, 5.41) is 7.15. The lowest BCUT2D eigenvalue weighted by atomic mass is 10.0. The van der Waals surface area contributed by atoms with E-state index in [1.807, 2.05) is 41.3 Å². The Kier molecular flexibility index (Phi) is 4.38. The second-order valence-electron chi connectivity index (χ2n) is 7.92. The lowest BCUT2D eigenvalue weighted by molar-refractivity contribution is 0.0724. The van der Waals surface area contributed by atoms with Gasteiger partial charge in [-0.15, -0.1) is 0 Å². The molecular weight excluding hydrogens is 404 g/mol. The number of nitrogens with one attached hydrogen (secondary N) is 1. The van der Waals surface area contributed by atoms with Crippen LogP contribution in [0.4, 0.5) is 0 Å². The van der Waals surface area contributed by atoms with Gasteiger partial charge >= 0.3 is 0 Å². The molecule has 6 rings (SSSR count). The molecule has 1 aliphatic rings. The first-order valence-electron chi connectivity index (χ1n) is 10.5. The number of benzene rings is 2. The van der Waals surface area contributed by atoms with E-state index in [1.54, 1.807) is 18.5 Å². The highest BCUT2D eigenvalue weighted by atomic mass is 16.5. The van der Waals surface area contributed by atoms with Gasteiger partial charge in [0.25, 0.3) is 5.91 Å². The lowest BCUT2D eigenvalue weighted by Crippen LogP contribution is -2.36. The number of hydrogen-bond acceptors (Lipinski definition) is 5. The van der Waals surface area contributed by atoms with Crippen molar-refractivity contribution in [3.05, 3.63) is 89.7 Å². The van der Waals surface area contributed by atoms with Gasteiger partial charge in [-0.25, -0.2) is 0 Å². The smallest absolute Gasteiger partial charge is 0.276 e. The minimum atomic E-state index is -0.132. The van der Waals surface area contributed by atoms with Gasteiger partial charge in [0.15, 0.2) is 11.5 Å². The van der Waals surface area contributed by atoms with E-state index in [-0.39, 0.29) is 12.5 Å². The van der Waals surface area contributed by atoms with E-state index in [1.165, 1.54) is 16.6 Å². The van der Waals surface area contributed by atoms with Crippen molar-refractivity contribution in [2.75, 3.05) is 6.54 Å². The van der Waals surface area contributed by atoms with Crippen LogP contribution < -0.4 is 4.74 Å². The topological polar surface area (TPSA) is 84.2 Å². The monoisotopic (exact) mass is 424 g/mol. The molecule has 0 fully saturated rings. The van der Waals surface area contributed by atoms with Crippen molar-refractivity contribution in [3.8, 4) is 5.75 Å². The van der Waals surface area contributed by atoms with Gasteiger partial charge in [0, 0.05) is 70.9 Å². The Morgan fingerprint density at radius 1 is 1.12 bits per heavy atom. The number of H-pyrrole nitrogens is 1. The van der Waals surface area contributed by atoms with Gasteiger partial charge in [-0.2, -0.15) is 0 Å². The summed E-state index contributed by atoms with van der Waals surface area (Å²) >= 11 is 0. The molecule has 5 aromatic rings. The molecule has 0 aliphatic carbocycles. The molecule has 0 atom stereocenters. The van der Waals surface area contributed by atoms with E-state index in [0.717, 1.165) is 28.5 Å². The van der Waals surface area contributed by atoms with Crippen LogP contribution >= 0.6 is 0 Å².